The maximum atomic E-state index is 12.8. The van der Waals surface area contributed by atoms with E-state index in [0.717, 1.165) is 16.3 Å². The Hall–Kier alpha value is -2.90. The average molecular weight is 427 g/mol. The third-order valence-corrected chi connectivity index (χ3v) is 7.01. The second-order valence-corrected chi connectivity index (χ2v) is 8.80. The molecular formula is C23H26N2O4S. The minimum absolute atomic E-state index is 0.119. The molecule has 0 unspecified atom stereocenters. The number of methoxy groups -OCH3 is 1. The maximum absolute atomic E-state index is 12.8. The molecule has 0 saturated carbocycles. The first-order valence-electron chi connectivity index (χ1n) is 9.84. The molecule has 0 bridgehead atoms. The molecule has 0 atom stereocenters. The third kappa shape index (κ3) is 4.63. The van der Waals surface area contributed by atoms with Gasteiger partial charge in [0, 0.05) is 13.1 Å². The van der Waals surface area contributed by atoms with Gasteiger partial charge in [0.05, 0.1) is 24.1 Å². The minimum atomic E-state index is -3.64. The molecule has 0 aliphatic heterocycles. The molecule has 0 fully saturated rings. The maximum Gasteiger partial charge on any atom is 0.243 e. The van der Waals surface area contributed by atoms with Crippen LogP contribution in [0.1, 0.15) is 19.4 Å². The Morgan fingerprint density at radius 2 is 1.67 bits per heavy atom. The molecule has 0 aliphatic rings. The first-order valence-corrected chi connectivity index (χ1v) is 11.3. The number of ether oxygens (including phenoxy) is 1. The molecule has 3 aromatic rings. The lowest BCUT2D eigenvalue weighted by atomic mass is 10.0. The Balaban J connectivity index is 1.84. The largest absolute Gasteiger partial charge is 0.495 e. The lowest BCUT2D eigenvalue weighted by molar-refractivity contribution is -0.115. The van der Waals surface area contributed by atoms with E-state index >= 15 is 0 Å². The van der Waals surface area contributed by atoms with Crippen molar-refractivity contribution in [2.45, 2.75) is 25.2 Å². The molecule has 7 heteroatoms. The summed E-state index contributed by atoms with van der Waals surface area (Å²) in [5, 5.41) is 4.97. The number of anilines is 1. The minimum Gasteiger partial charge on any atom is -0.495 e. The number of hydrogen-bond donors (Lipinski definition) is 1. The third-order valence-electron chi connectivity index (χ3n) is 4.97. The van der Waals surface area contributed by atoms with Crippen molar-refractivity contribution in [3.05, 3.63) is 66.2 Å². The van der Waals surface area contributed by atoms with Gasteiger partial charge in [-0.1, -0.05) is 56.3 Å². The zero-order valence-electron chi connectivity index (χ0n) is 17.4. The van der Waals surface area contributed by atoms with Gasteiger partial charge in [0.15, 0.2) is 0 Å². The van der Waals surface area contributed by atoms with Crippen molar-refractivity contribution in [1.82, 2.24) is 4.31 Å². The highest BCUT2D eigenvalue weighted by molar-refractivity contribution is 7.89. The summed E-state index contributed by atoms with van der Waals surface area (Å²) in [5.74, 6) is 0.154. The van der Waals surface area contributed by atoms with Crippen LogP contribution in [-0.4, -0.2) is 38.8 Å². The van der Waals surface area contributed by atoms with Crippen LogP contribution in [0.3, 0.4) is 0 Å². The summed E-state index contributed by atoms with van der Waals surface area (Å²) >= 11 is 0. The van der Waals surface area contributed by atoms with E-state index in [0.29, 0.717) is 24.5 Å². The van der Waals surface area contributed by atoms with Crippen molar-refractivity contribution in [3.8, 4) is 5.75 Å². The van der Waals surface area contributed by atoms with E-state index in [1.54, 1.807) is 19.9 Å². The van der Waals surface area contributed by atoms with E-state index < -0.39 is 10.0 Å². The molecule has 1 N–H and O–H groups in total. The van der Waals surface area contributed by atoms with Crippen molar-refractivity contribution in [3.63, 3.8) is 0 Å². The molecule has 0 aromatic heterocycles. The lowest BCUT2D eigenvalue weighted by Gasteiger charge is -2.19. The topological polar surface area (TPSA) is 75.7 Å². The molecule has 158 valence electrons. The molecule has 0 heterocycles. The Morgan fingerprint density at radius 3 is 2.33 bits per heavy atom. The van der Waals surface area contributed by atoms with E-state index in [9.17, 15) is 13.2 Å². The molecule has 30 heavy (non-hydrogen) atoms. The molecule has 0 saturated heterocycles. The number of carbonyl (C=O) groups is 1. The van der Waals surface area contributed by atoms with Gasteiger partial charge in [0.25, 0.3) is 0 Å². The second kappa shape index (κ2) is 9.28. The van der Waals surface area contributed by atoms with E-state index in [1.807, 2.05) is 42.5 Å². The number of hydrogen-bond acceptors (Lipinski definition) is 4. The van der Waals surface area contributed by atoms with Gasteiger partial charge in [-0.25, -0.2) is 8.42 Å². The summed E-state index contributed by atoms with van der Waals surface area (Å²) in [4.78, 5) is 12.8. The number of nitrogens with one attached hydrogen (secondary N) is 1. The summed E-state index contributed by atoms with van der Waals surface area (Å²) in [6, 6.07) is 18.3. The van der Waals surface area contributed by atoms with Crippen LogP contribution in [0.4, 0.5) is 5.69 Å². The summed E-state index contributed by atoms with van der Waals surface area (Å²) in [5.41, 5.74) is 1.20. The van der Waals surface area contributed by atoms with E-state index in [-0.39, 0.29) is 17.2 Å². The number of carbonyl (C=O) groups excluding carboxylic acids is 1. The number of amides is 1. The van der Waals surface area contributed by atoms with Crippen molar-refractivity contribution in [2.75, 3.05) is 25.5 Å². The average Bonchev–Trinajstić information content (AvgIpc) is 2.74. The van der Waals surface area contributed by atoms with Crippen LogP contribution >= 0.6 is 0 Å². The zero-order valence-corrected chi connectivity index (χ0v) is 18.2. The van der Waals surface area contributed by atoms with Crippen molar-refractivity contribution in [1.29, 1.82) is 0 Å². The zero-order chi connectivity index (χ0) is 21.7. The van der Waals surface area contributed by atoms with Gasteiger partial charge in [-0.2, -0.15) is 4.31 Å². The van der Waals surface area contributed by atoms with Gasteiger partial charge < -0.3 is 10.1 Å². The smallest absolute Gasteiger partial charge is 0.243 e. The van der Waals surface area contributed by atoms with E-state index in [4.69, 9.17) is 4.74 Å². The molecule has 3 rings (SSSR count). The van der Waals surface area contributed by atoms with Crippen LogP contribution in [0.2, 0.25) is 0 Å². The van der Waals surface area contributed by atoms with Crippen LogP contribution in [0.15, 0.2) is 65.6 Å². The molecule has 3 aromatic carbocycles. The highest BCUT2D eigenvalue weighted by Crippen LogP contribution is 2.29. The van der Waals surface area contributed by atoms with Crippen LogP contribution < -0.4 is 10.1 Å². The molecular weight excluding hydrogens is 400 g/mol. The monoisotopic (exact) mass is 426 g/mol. The van der Waals surface area contributed by atoms with Crippen LogP contribution in [0.5, 0.6) is 5.75 Å². The van der Waals surface area contributed by atoms with Gasteiger partial charge in [0.1, 0.15) is 5.75 Å². The van der Waals surface area contributed by atoms with Crippen molar-refractivity contribution < 1.29 is 17.9 Å². The second-order valence-electron chi connectivity index (χ2n) is 6.86. The number of nitrogens with zero attached hydrogens (tertiary/aromatic N) is 1. The fraction of sp³-hybridized carbons (Fsp3) is 0.261. The highest BCUT2D eigenvalue weighted by atomic mass is 32.2. The van der Waals surface area contributed by atoms with Gasteiger partial charge >= 0.3 is 0 Å². The highest BCUT2D eigenvalue weighted by Gasteiger charge is 2.23. The van der Waals surface area contributed by atoms with Crippen LogP contribution in [0.25, 0.3) is 10.8 Å². The van der Waals surface area contributed by atoms with Crippen molar-refractivity contribution >= 4 is 32.4 Å². The number of rotatable bonds is 8. The summed E-state index contributed by atoms with van der Waals surface area (Å²) < 4.78 is 32.3. The molecule has 6 nitrogen and oxygen atoms in total. The Labute approximate surface area is 177 Å². The molecule has 1 amide bonds. The quantitative estimate of drug-likeness (QED) is 0.589. The first-order chi connectivity index (χ1) is 14.4. The standard InChI is InChI=1S/C23H26N2O4S/c1-4-25(5-2)30(27,28)20-12-13-22(29-3)21(16-20)24-23(26)15-17-10-11-18-8-6-7-9-19(18)14-17/h6-14,16H,4-5,15H2,1-3H3,(H,24,26). The van der Waals surface area contributed by atoms with Crippen LogP contribution in [-0.2, 0) is 21.2 Å². The van der Waals surface area contributed by atoms with Gasteiger partial charge in [0.2, 0.25) is 15.9 Å². The van der Waals surface area contributed by atoms with Gasteiger partial charge in [-0.05, 0) is 34.5 Å². The molecule has 0 radical (unpaired) electrons. The Bertz CT molecular complexity index is 1150. The summed E-state index contributed by atoms with van der Waals surface area (Å²) in [6.07, 6.45) is 0.168. The van der Waals surface area contributed by atoms with Crippen molar-refractivity contribution in [2.24, 2.45) is 0 Å². The normalized spacial score (nSPS) is 11.6. The summed E-state index contributed by atoms with van der Waals surface area (Å²) in [6.45, 7) is 4.32. The van der Waals surface area contributed by atoms with Gasteiger partial charge in [-0.15, -0.1) is 0 Å². The van der Waals surface area contributed by atoms with E-state index in [1.165, 1.54) is 23.5 Å². The van der Waals surface area contributed by atoms with Crippen LogP contribution in [0, 0.1) is 0 Å². The number of sulfonamides is 1. The fourth-order valence-electron chi connectivity index (χ4n) is 3.39. The first kappa shape index (κ1) is 21.8. The lowest BCUT2D eigenvalue weighted by Crippen LogP contribution is -2.30. The Morgan fingerprint density at radius 1 is 0.967 bits per heavy atom. The predicted octanol–water partition coefficient (Wildman–Crippen LogP) is 4.06. The molecule has 0 spiro atoms. The summed E-state index contributed by atoms with van der Waals surface area (Å²) in [7, 11) is -2.16. The SMILES string of the molecule is CCN(CC)S(=O)(=O)c1ccc(OC)c(NC(=O)Cc2ccc3ccccc3c2)c1. The van der Waals surface area contributed by atoms with E-state index in [2.05, 4.69) is 5.32 Å². The number of benzene rings is 3. The Kier molecular flexibility index (Phi) is 6.74. The number of fused-ring (bicyclic) bond motifs is 1. The molecule has 0 aliphatic carbocycles. The predicted molar refractivity (Wildman–Crippen MR) is 119 cm³/mol. The fourth-order valence-corrected chi connectivity index (χ4v) is 4.87. The van der Waals surface area contributed by atoms with Gasteiger partial charge in [-0.3, -0.25) is 4.79 Å².